The number of pyridine rings is 1. The van der Waals surface area contributed by atoms with E-state index in [-0.39, 0.29) is 34.9 Å². The molecule has 4 aromatic rings. The lowest BCUT2D eigenvalue weighted by Gasteiger charge is -2.17. The van der Waals surface area contributed by atoms with E-state index in [9.17, 15) is 18.0 Å². The zero-order chi connectivity index (χ0) is 29.3. The molecule has 1 unspecified atom stereocenters. The standard InChI is InChI=1S/C27H25ClF3N7O3/c1-15-4-5-17(11-21(15)28)34-26-33-13-20(23(35-26)38-9-7-22(36-38)27(29,30)31)16-10-19(25(39)40-3)24(32-12-16)41-18-6-8-37(2)14-18/h4-5,7,9-13,18H,6,8,14H2,1-3H3,(H,33,34,35). The van der Waals surface area contributed by atoms with Gasteiger partial charge in [0.2, 0.25) is 11.8 Å². The highest BCUT2D eigenvalue weighted by Crippen LogP contribution is 2.33. The van der Waals surface area contributed by atoms with E-state index in [4.69, 9.17) is 21.1 Å². The molecule has 4 heterocycles. The Labute approximate surface area is 238 Å². The SMILES string of the molecule is COC(=O)c1cc(-c2cnc(Nc3ccc(C)c(Cl)c3)nc2-n2ccc(C(F)(F)F)n2)cnc1OC1CCN(C)C1. The van der Waals surface area contributed by atoms with Crippen molar-refractivity contribution in [3.05, 3.63) is 70.8 Å². The van der Waals surface area contributed by atoms with Crippen LogP contribution < -0.4 is 10.1 Å². The molecular weight excluding hydrogens is 563 g/mol. The maximum Gasteiger partial charge on any atom is 0.435 e. The van der Waals surface area contributed by atoms with Crippen LogP contribution in [0.1, 0.15) is 28.0 Å². The van der Waals surface area contributed by atoms with Gasteiger partial charge in [0.1, 0.15) is 11.7 Å². The molecule has 10 nitrogen and oxygen atoms in total. The molecule has 1 aromatic carbocycles. The van der Waals surface area contributed by atoms with Crippen LogP contribution >= 0.6 is 11.6 Å². The van der Waals surface area contributed by atoms with Crippen LogP contribution in [0.2, 0.25) is 5.02 Å². The number of anilines is 2. The largest absolute Gasteiger partial charge is 0.472 e. The van der Waals surface area contributed by atoms with Crippen LogP contribution in [0.25, 0.3) is 16.9 Å². The first kappa shape index (κ1) is 28.3. The van der Waals surface area contributed by atoms with Crippen LogP contribution in [0, 0.1) is 6.92 Å². The molecule has 0 bridgehead atoms. The molecule has 0 saturated carbocycles. The van der Waals surface area contributed by atoms with Crippen molar-refractivity contribution in [1.82, 2.24) is 29.6 Å². The summed E-state index contributed by atoms with van der Waals surface area (Å²) in [4.78, 5) is 27.9. The Kier molecular flexibility index (Phi) is 7.82. The minimum atomic E-state index is -4.66. The quantitative estimate of drug-likeness (QED) is 0.288. The number of nitrogens with one attached hydrogen (secondary N) is 1. The van der Waals surface area contributed by atoms with Gasteiger partial charge in [0.15, 0.2) is 11.5 Å². The molecule has 0 spiro atoms. The van der Waals surface area contributed by atoms with Crippen LogP contribution in [0.15, 0.2) is 48.9 Å². The summed E-state index contributed by atoms with van der Waals surface area (Å²) in [6, 6.07) is 7.57. The summed E-state index contributed by atoms with van der Waals surface area (Å²) in [7, 11) is 3.20. The Morgan fingerprint density at radius 1 is 1.17 bits per heavy atom. The number of benzene rings is 1. The van der Waals surface area contributed by atoms with E-state index < -0.39 is 17.8 Å². The Morgan fingerprint density at radius 3 is 2.63 bits per heavy atom. The summed E-state index contributed by atoms with van der Waals surface area (Å²) in [6.07, 6.45) is -0.0790. The number of carbonyl (C=O) groups is 1. The third-order valence-electron chi connectivity index (χ3n) is 6.49. The van der Waals surface area contributed by atoms with Crippen LogP contribution in [0.4, 0.5) is 24.8 Å². The number of hydrogen-bond donors (Lipinski definition) is 1. The smallest absolute Gasteiger partial charge is 0.435 e. The molecule has 1 fully saturated rings. The molecular formula is C27H25ClF3N7O3. The molecule has 41 heavy (non-hydrogen) atoms. The second-order valence-electron chi connectivity index (χ2n) is 9.52. The Bertz CT molecular complexity index is 1590. The monoisotopic (exact) mass is 587 g/mol. The van der Waals surface area contributed by atoms with Crippen molar-refractivity contribution in [1.29, 1.82) is 0 Å². The van der Waals surface area contributed by atoms with Gasteiger partial charge in [-0.05, 0) is 50.2 Å². The van der Waals surface area contributed by atoms with Crippen LogP contribution in [-0.4, -0.2) is 69.0 Å². The number of hydrogen-bond acceptors (Lipinski definition) is 9. The van der Waals surface area contributed by atoms with Crippen molar-refractivity contribution >= 4 is 29.2 Å². The number of aryl methyl sites for hydroxylation is 1. The van der Waals surface area contributed by atoms with E-state index in [1.807, 2.05) is 14.0 Å². The minimum Gasteiger partial charge on any atom is -0.472 e. The molecule has 3 aromatic heterocycles. The number of nitrogens with zero attached hydrogens (tertiary/aromatic N) is 6. The van der Waals surface area contributed by atoms with Crippen molar-refractivity contribution in [2.75, 3.05) is 32.6 Å². The fraction of sp³-hybridized carbons (Fsp3) is 0.296. The summed E-state index contributed by atoms with van der Waals surface area (Å²) >= 11 is 6.22. The van der Waals surface area contributed by atoms with Gasteiger partial charge in [-0.2, -0.15) is 23.3 Å². The highest BCUT2D eigenvalue weighted by Gasteiger charge is 2.34. The highest BCUT2D eigenvalue weighted by atomic mass is 35.5. The topological polar surface area (TPSA) is 107 Å². The zero-order valence-electron chi connectivity index (χ0n) is 22.2. The Balaban J connectivity index is 1.57. The van der Waals surface area contributed by atoms with Crippen LogP contribution in [0.5, 0.6) is 5.88 Å². The number of methoxy groups -OCH3 is 1. The summed E-state index contributed by atoms with van der Waals surface area (Å²) in [6.45, 7) is 3.37. The Hall–Kier alpha value is -4.23. The lowest BCUT2D eigenvalue weighted by molar-refractivity contribution is -0.141. The molecule has 1 saturated heterocycles. The van der Waals surface area contributed by atoms with E-state index in [0.717, 1.165) is 35.5 Å². The first-order chi connectivity index (χ1) is 19.5. The molecule has 0 amide bonds. The van der Waals surface area contributed by atoms with Crippen molar-refractivity contribution in [3.63, 3.8) is 0 Å². The maximum absolute atomic E-state index is 13.4. The normalized spacial score (nSPS) is 15.6. The molecule has 1 aliphatic rings. The zero-order valence-corrected chi connectivity index (χ0v) is 23.0. The van der Waals surface area contributed by atoms with Crippen molar-refractivity contribution in [2.24, 2.45) is 0 Å². The average molecular weight is 588 g/mol. The van der Waals surface area contributed by atoms with E-state index in [2.05, 4.69) is 30.3 Å². The third kappa shape index (κ3) is 6.25. The minimum absolute atomic E-state index is 0.0138. The molecule has 1 aliphatic heterocycles. The summed E-state index contributed by atoms with van der Waals surface area (Å²) in [5.74, 6) is -0.494. The Morgan fingerprint density at radius 2 is 1.98 bits per heavy atom. The number of ether oxygens (including phenoxy) is 2. The number of rotatable bonds is 7. The van der Waals surface area contributed by atoms with E-state index in [1.54, 1.807) is 18.2 Å². The number of alkyl halides is 3. The van der Waals surface area contributed by atoms with Crippen molar-refractivity contribution in [2.45, 2.75) is 25.6 Å². The van der Waals surface area contributed by atoms with Crippen LogP contribution in [-0.2, 0) is 10.9 Å². The molecule has 214 valence electrons. The second kappa shape index (κ2) is 11.3. The molecule has 5 rings (SSSR count). The molecule has 1 atom stereocenters. The van der Waals surface area contributed by atoms with E-state index >= 15 is 0 Å². The van der Waals surface area contributed by atoms with Gasteiger partial charge in [-0.3, -0.25) is 0 Å². The van der Waals surface area contributed by atoms with Gasteiger partial charge in [-0.15, -0.1) is 0 Å². The lowest BCUT2D eigenvalue weighted by Crippen LogP contribution is -2.23. The predicted octanol–water partition coefficient (Wildman–Crippen LogP) is 5.32. The highest BCUT2D eigenvalue weighted by molar-refractivity contribution is 6.31. The summed E-state index contributed by atoms with van der Waals surface area (Å²) in [5.41, 5.74) is 1.000. The van der Waals surface area contributed by atoms with Gasteiger partial charge in [-0.25, -0.2) is 19.4 Å². The van der Waals surface area contributed by atoms with Gasteiger partial charge in [0, 0.05) is 53.5 Å². The number of aromatic nitrogens is 5. The van der Waals surface area contributed by atoms with E-state index in [1.165, 1.54) is 25.6 Å². The summed E-state index contributed by atoms with van der Waals surface area (Å²) < 4.78 is 52.1. The van der Waals surface area contributed by atoms with Crippen molar-refractivity contribution < 1.29 is 27.4 Å². The van der Waals surface area contributed by atoms with Gasteiger partial charge >= 0.3 is 12.1 Å². The second-order valence-corrected chi connectivity index (χ2v) is 9.93. The fourth-order valence-electron chi connectivity index (χ4n) is 4.30. The first-order valence-corrected chi connectivity index (χ1v) is 12.9. The number of likely N-dealkylation sites (N-methyl/N-ethyl adjacent to an activating group) is 1. The van der Waals surface area contributed by atoms with E-state index in [0.29, 0.717) is 22.8 Å². The summed E-state index contributed by atoms with van der Waals surface area (Å²) in [5, 5.41) is 7.21. The third-order valence-corrected chi connectivity index (χ3v) is 6.89. The number of likely N-dealkylation sites (tertiary alicyclic amines) is 1. The molecule has 14 heteroatoms. The predicted molar refractivity (Wildman–Crippen MR) is 145 cm³/mol. The molecule has 1 N–H and O–H groups in total. The average Bonchev–Trinajstić information content (AvgIpc) is 3.60. The van der Waals surface area contributed by atoms with Gasteiger partial charge < -0.3 is 19.7 Å². The van der Waals surface area contributed by atoms with Crippen molar-refractivity contribution in [3.8, 4) is 22.8 Å². The number of esters is 1. The maximum atomic E-state index is 13.4. The fourth-order valence-corrected chi connectivity index (χ4v) is 4.48. The van der Waals surface area contributed by atoms with Gasteiger partial charge in [-0.1, -0.05) is 17.7 Å². The number of halogens is 4. The number of carbonyl (C=O) groups excluding carboxylic acids is 1. The first-order valence-electron chi connectivity index (χ1n) is 12.5. The van der Waals surface area contributed by atoms with Gasteiger partial charge in [0.25, 0.3) is 0 Å². The van der Waals surface area contributed by atoms with Gasteiger partial charge in [0.05, 0.1) is 7.11 Å². The molecule has 0 radical (unpaired) electrons. The lowest BCUT2D eigenvalue weighted by atomic mass is 10.1. The van der Waals surface area contributed by atoms with Crippen LogP contribution in [0.3, 0.4) is 0 Å². The molecule has 0 aliphatic carbocycles.